The number of hydrogen-bond acceptors (Lipinski definition) is 2. The number of rotatable bonds is 3. The van der Waals surface area contributed by atoms with Crippen LogP contribution < -0.4 is 5.73 Å². The smallest absolute Gasteiger partial charge is 0.395 e. The topological polar surface area (TPSA) is 46.2 Å². The van der Waals surface area contributed by atoms with E-state index in [4.69, 9.17) is 10.8 Å². The van der Waals surface area contributed by atoms with Crippen LogP contribution in [0.3, 0.4) is 0 Å². The molecule has 8 heteroatoms. The third-order valence-corrected chi connectivity index (χ3v) is 2.24. The van der Waals surface area contributed by atoms with Crippen LogP contribution in [0.1, 0.15) is 11.5 Å². The average molecular weight is 292 g/mol. The highest BCUT2D eigenvalue weighted by Gasteiger charge is 2.44. The second-order valence-electron chi connectivity index (χ2n) is 3.57. The number of halogens is 6. The number of nitrogens with two attached hydrogens (primary N) is 1. The fourth-order valence-electron chi connectivity index (χ4n) is 1.54. The van der Waals surface area contributed by atoms with Crippen LogP contribution in [0, 0.1) is 11.6 Å². The Bertz CT molecular complexity index is 378. The maximum atomic E-state index is 12.8. The summed E-state index contributed by atoms with van der Waals surface area (Å²) in [5.74, 6) is -4.56. The summed E-state index contributed by atoms with van der Waals surface area (Å²) in [6.07, 6.45) is -4.79. The summed E-state index contributed by atoms with van der Waals surface area (Å²) in [6, 6.07) is -0.106. The molecule has 1 aromatic rings. The summed E-state index contributed by atoms with van der Waals surface area (Å²) in [5, 5.41) is 8.66. The zero-order valence-electron chi connectivity index (χ0n) is 8.92. The molecule has 0 aromatic heterocycles. The van der Waals surface area contributed by atoms with E-state index in [1.165, 1.54) is 0 Å². The highest BCUT2D eigenvalue weighted by Crippen LogP contribution is 2.37. The molecule has 0 bridgehead atoms. The molecule has 0 amide bonds. The molecule has 1 aromatic carbocycles. The first kappa shape index (κ1) is 17.1. The fourth-order valence-corrected chi connectivity index (χ4v) is 1.54. The largest absolute Gasteiger partial charge is 0.397 e. The Morgan fingerprint density at radius 3 is 1.89 bits per heavy atom. The second-order valence-corrected chi connectivity index (χ2v) is 3.57. The van der Waals surface area contributed by atoms with Crippen LogP contribution in [0.25, 0.3) is 0 Å². The van der Waals surface area contributed by atoms with Crippen molar-refractivity contribution in [1.29, 1.82) is 0 Å². The lowest BCUT2D eigenvalue weighted by Gasteiger charge is -2.25. The molecule has 0 saturated carbocycles. The Balaban J connectivity index is 0.00000289. The molecule has 2 atom stereocenters. The van der Waals surface area contributed by atoms with Crippen LogP contribution in [-0.4, -0.2) is 23.9 Å². The predicted molar refractivity (Wildman–Crippen MR) is 57.5 cm³/mol. The maximum absolute atomic E-state index is 12.8. The minimum absolute atomic E-state index is 0. The zero-order valence-corrected chi connectivity index (χ0v) is 9.73. The molecule has 0 aliphatic rings. The van der Waals surface area contributed by atoms with Gasteiger partial charge < -0.3 is 10.8 Å². The zero-order chi connectivity index (χ0) is 13.2. The third kappa shape index (κ3) is 4.08. The lowest BCUT2D eigenvalue weighted by atomic mass is 9.91. The van der Waals surface area contributed by atoms with Crippen LogP contribution >= 0.6 is 12.4 Å². The van der Waals surface area contributed by atoms with Crippen molar-refractivity contribution in [3.8, 4) is 0 Å². The molecule has 18 heavy (non-hydrogen) atoms. The normalized spacial score (nSPS) is 14.8. The van der Waals surface area contributed by atoms with E-state index in [0.29, 0.717) is 18.2 Å². The van der Waals surface area contributed by atoms with Gasteiger partial charge in [0.1, 0.15) is 11.6 Å². The van der Waals surface area contributed by atoms with Crippen molar-refractivity contribution < 1.29 is 27.1 Å². The molecule has 3 N–H and O–H groups in total. The molecule has 1 rings (SSSR count). The van der Waals surface area contributed by atoms with E-state index in [-0.39, 0.29) is 12.4 Å². The Labute approximate surface area is 106 Å². The highest BCUT2D eigenvalue weighted by molar-refractivity contribution is 5.85. The second kappa shape index (κ2) is 6.31. The van der Waals surface area contributed by atoms with Crippen LogP contribution in [0.15, 0.2) is 18.2 Å². The molecule has 0 aliphatic carbocycles. The quantitative estimate of drug-likeness (QED) is 0.840. The van der Waals surface area contributed by atoms with Crippen molar-refractivity contribution in [3.05, 3.63) is 35.4 Å². The number of aliphatic hydroxyl groups is 1. The third-order valence-electron chi connectivity index (χ3n) is 2.24. The summed E-state index contributed by atoms with van der Waals surface area (Å²) in [6.45, 7) is -0.942. The number of alkyl halides is 3. The van der Waals surface area contributed by atoms with Crippen LogP contribution in [0.4, 0.5) is 22.0 Å². The summed E-state index contributed by atoms with van der Waals surface area (Å²) in [7, 11) is 0. The van der Waals surface area contributed by atoms with Gasteiger partial charge in [0.05, 0.1) is 12.5 Å². The summed E-state index contributed by atoms with van der Waals surface area (Å²) in [5.41, 5.74) is 4.48. The number of aliphatic hydroxyl groups excluding tert-OH is 1. The van der Waals surface area contributed by atoms with E-state index in [2.05, 4.69) is 0 Å². The molecule has 0 spiro atoms. The summed E-state index contributed by atoms with van der Waals surface area (Å²) >= 11 is 0. The van der Waals surface area contributed by atoms with Crippen molar-refractivity contribution in [3.63, 3.8) is 0 Å². The van der Waals surface area contributed by atoms with Gasteiger partial charge in [0.25, 0.3) is 0 Å². The van der Waals surface area contributed by atoms with Crippen LogP contribution in [-0.2, 0) is 0 Å². The maximum Gasteiger partial charge on any atom is 0.397 e. The molecule has 0 aliphatic heterocycles. The first-order chi connectivity index (χ1) is 7.75. The Morgan fingerprint density at radius 1 is 1.11 bits per heavy atom. The summed E-state index contributed by atoms with van der Waals surface area (Å²) in [4.78, 5) is 0. The van der Waals surface area contributed by atoms with E-state index in [0.717, 1.165) is 0 Å². The SMILES string of the molecule is Cl.NC(CO)C(c1cc(F)cc(F)c1)C(F)(F)F. The van der Waals surface area contributed by atoms with Crippen molar-refractivity contribution >= 4 is 12.4 Å². The lowest BCUT2D eigenvalue weighted by Crippen LogP contribution is -2.40. The predicted octanol–water partition coefficient (Wildman–Crippen LogP) is 2.35. The van der Waals surface area contributed by atoms with Crippen molar-refractivity contribution in [2.45, 2.75) is 18.1 Å². The number of hydrogen-bond donors (Lipinski definition) is 2. The molecule has 0 saturated heterocycles. The minimum Gasteiger partial charge on any atom is -0.395 e. The minimum atomic E-state index is -4.79. The van der Waals surface area contributed by atoms with Gasteiger partial charge in [0, 0.05) is 12.1 Å². The summed E-state index contributed by atoms with van der Waals surface area (Å²) < 4.78 is 63.7. The monoisotopic (exact) mass is 291 g/mol. The van der Waals surface area contributed by atoms with Gasteiger partial charge in [-0.3, -0.25) is 0 Å². The van der Waals surface area contributed by atoms with Crippen molar-refractivity contribution in [1.82, 2.24) is 0 Å². The fraction of sp³-hybridized carbons (Fsp3) is 0.400. The molecule has 2 unspecified atom stereocenters. The molecule has 104 valence electrons. The van der Waals surface area contributed by atoms with Crippen molar-refractivity contribution in [2.75, 3.05) is 6.61 Å². The van der Waals surface area contributed by atoms with Gasteiger partial charge in [-0.1, -0.05) is 0 Å². The van der Waals surface area contributed by atoms with E-state index in [9.17, 15) is 22.0 Å². The lowest BCUT2D eigenvalue weighted by molar-refractivity contribution is -0.157. The Hall–Kier alpha value is -0.920. The Kier molecular flexibility index (Phi) is 5.98. The first-order valence-electron chi connectivity index (χ1n) is 4.65. The molecule has 2 nitrogen and oxygen atoms in total. The van der Waals surface area contributed by atoms with E-state index in [1.54, 1.807) is 0 Å². The first-order valence-corrected chi connectivity index (χ1v) is 4.65. The van der Waals surface area contributed by atoms with E-state index < -0.39 is 41.9 Å². The molecule has 0 radical (unpaired) electrons. The Morgan fingerprint density at radius 2 is 1.56 bits per heavy atom. The van der Waals surface area contributed by atoms with Gasteiger partial charge in [-0.2, -0.15) is 13.2 Å². The van der Waals surface area contributed by atoms with E-state index >= 15 is 0 Å². The molecular formula is C10H11ClF5NO. The number of benzene rings is 1. The van der Waals surface area contributed by atoms with Gasteiger partial charge in [-0.15, -0.1) is 12.4 Å². The van der Waals surface area contributed by atoms with Crippen LogP contribution in [0.2, 0.25) is 0 Å². The van der Waals surface area contributed by atoms with E-state index in [1.807, 2.05) is 0 Å². The highest BCUT2D eigenvalue weighted by atomic mass is 35.5. The average Bonchev–Trinajstić information content (AvgIpc) is 2.13. The van der Waals surface area contributed by atoms with Gasteiger partial charge in [0.2, 0.25) is 0 Å². The standard InChI is InChI=1S/C10H10F5NO.ClH/c11-6-1-5(2-7(12)3-6)9(8(16)4-17)10(13,14)15;/h1-3,8-9,17H,4,16H2;1H. The molecular weight excluding hydrogens is 281 g/mol. The van der Waals surface area contributed by atoms with Crippen LogP contribution in [0.5, 0.6) is 0 Å². The van der Waals surface area contributed by atoms with Crippen molar-refractivity contribution in [2.24, 2.45) is 5.73 Å². The van der Waals surface area contributed by atoms with Gasteiger partial charge >= 0.3 is 6.18 Å². The van der Waals surface area contributed by atoms with Gasteiger partial charge in [-0.05, 0) is 17.7 Å². The molecule has 0 heterocycles. The molecule has 0 fully saturated rings. The van der Waals surface area contributed by atoms with Gasteiger partial charge in [-0.25, -0.2) is 8.78 Å². The van der Waals surface area contributed by atoms with Gasteiger partial charge in [0.15, 0.2) is 0 Å².